The molecule has 0 heterocycles. The third kappa shape index (κ3) is 1.41. The molecule has 0 aliphatic heterocycles. The second-order valence-electron chi connectivity index (χ2n) is 1.94. The topological polar surface area (TPSA) is 46.2 Å². The van der Waals surface area contributed by atoms with Gasteiger partial charge in [-0.3, -0.25) is 0 Å². The third-order valence-electron chi connectivity index (χ3n) is 1.30. The smallest absolute Gasteiger partial charge is 0.121 e. The number of halogens is 1. The Morgan fingerprint density at radius 1 is 1.50 bits per heavy atom. The Labute approximate surface area is 73.2 Å². The van der Waals surface area contributed by atoms with Gasteiger partial charge in [0.15, 0.2) is 0 Å². The van der Waals surface area contributed by atoms with Gasteiger partial charge in [-0.05, 0) is 34.7 Å². The van der Waals surface area contributed by atoms with Crippen LogP contribution in [0.3, 0.4) is 0 Å². The molecule has 0 aliphatic carbocycles. The van der Waals surface area contributed by atoms with E-state index in [4.69, 9.17) is 5.73 Å². The highest BCUT2D eigenvalue weighted by atomic mass is 127. The van der Waals surface area contributed by atoms with Gasteiger partial charge in [0, 0.05) is 15.7 Å². The van der Waals surface area contributed by atoms with Crippen LogP contribution in [-0.4, -0.2) is 5.11 Å². The Kier molecular flexibility index (Phi) is 2.50. The number of phenolic OH excluding ortho intramolecular Hbond substituents is 1. The fraction of sp³-hybridized carbons (Fsp3) is 0.143. The van der Waals surface area contributed by atoms with Crippen LogP contribution in [0.25, 0.3) is 0 Å². The minimum atomic E-state index is 0.286. The molecule has 3 N–H and O–H groups in total. The van der Waals surface area contributed by atoms with Crippen molar-refractivity contribution >= 4 is 22.6 Å². The van der Waals surface area contributed by atoms with Gasteiger partial charge in [0.25, 0.3) is 0 Å². The fourth-order valence-electron chi connectivity index (χ4n) is 0.749. The molecule has 0 aromatic heterocycles. The standard InChI is InChI=1S/C7H8INO/c8-6-2-1-3-7(10)5(6)4-9/h1-3,10H,4,9H2. The lowest BCUT2D eigenvalue weighted by Gasteiger charge is -2.02. The number of aromatic hydroxyl groups is 1. The molecule has 0 bridgehead atoms. The summed E-state index contributed by atoms with van der Waals surface area (Å²) in [6, 6.07) is 5.36. The SMILES string of the molecule is NCc1c(O)cccc1I. The van der Waals surface area contributed by atoms with Crippen LogP contribution in [0.15, 0.2) is 18.2 Å². The van der Waals surface area contributed by atoms with Crippen molar-refractivity contribution in [3.8, 4) is 5.75 Å². The Morgan fingerprint density at radius 3 is 2.60 bits per heavy atom. The van der Waals surface area contributed by atoms with E-state index >= 15 is 0 Å². The van der Waals surface area contributed by atoms with Gasteiger partial charge in [0.1, 0.15) is 5.75 Å². The van der Waals surface area contributed by atoms with E-state index in [0.717, 1.165) is 9.13 Å². The van der Waals surface area contributed by atoms with Crippen molar-refractivity contribution in [2.24, 2.45) is 5.73 Å². The maximum absolute atomic E-state index is 9.21. The van der Waals surface area contributed by atoms with Gasteiger partial charge in [-0.15, -0.1) is 0 Å². The summed E-state index contributed by atoms with van der Waals surface area (Å²) in [5.41, 5.74) is 6.21. The summed E-state index contributed by atoms with van der Waals surface area (Å²) in [4.78, 5) is 0. The van der Waals surface area contributed by atoms with Crippen LogP contribution in [0.1, 0.15) is 5.56 Å². The minimum Gasteiger partial charge on any atom is -0.508 e. The molecule has 0 spiro atoms. The highest BCUT2D eigenvalue weighted by molar-refractivity contribution is 14.1. The fourth-order valence-corrected chi connectivity index (χ4v) is 1.45. The number of rotatable bonds is 1. The zero-order valence-electron chi connectivity index (χ0n) is 5.34. The number of hydrogen-bond donors (Lipinski definition) is 2. The molecule has 3 heteroatoms. The lowest BCUT2D eigenvalue weighted by atomic mass is 10.2. The van der Waals surface area contributed by atoms with Crippen LogP contribution in [-0.2, 0) is 6.54 Å². The first-order chi connectivity index (χ1) is 4.75. The Morgan fingerprint density at radius 2 is 2.20 bits per heavy atom. The molecule has 0 amide bonds. The average Bonchev–Trinajstić information content (AvgIpc) is 1.88. The van der Waals surface area contributed by atoms with Crippen LogP contribution >= 0.6 is 22.6 Å². The quantitative estimate of drug-likeness (QED) is 0.740. The van der Waals surface area contributed by atoms with E-state index < -0.39 is 0 Å². The maximum atomic E-state index is 9.21. The van der Waals surface area contributed by atoms with Gasteiger partial charge in [0.2, 0.25) is 0 Å². The molecule has 10 heavy (non-hydrogen) atoms. The van der Waals surface area contributed by atoms with Gasteiger partial charge in [0.05, 0.1) is 0 Å². The third-order valence-corrected chi connectivity index (χ3v) is 2.31. The molecule has 1 aromatic rings. The Balaban J connectivity index is 3.17. The molecule has 54 valence electrons. The van der Waals surface area contributed by atoms with E-state index in [1.54, 1.807) is 12.1 Å². The molecule has 2 nitrogen and oxygen atoms in total. The summed E-state index contributed by atoms with van der Waals surface area (Å²) in [5.74, 6) is 0.286. The van der Waals surface area contributed by atoms with E-state index in [0.29, 0.717) is 6.54 Å². The molecule has 1 aromatic carbocycles. The molecule has 0 radical (unpaired) electrons. The summed E-state index contributed by atoms with van der Waals surface area (Å²) in [6.07, 6.45) is 0. The monoisotopic (exact) mass is 249 g/mol. The van der Waals surface area contributed by atoms with Crippen LogP contribution in [0, 0.1) is 3.57 Å². The van der Waals surface area contributed by atoms with Crippen LogP contribution in [0.5, 0.6) is 5.75 Å². The van der Waals surface area contributed by atoms with Crippen molar-refractivity contribution in [3.05, 3.63) is 27.3 Å². The van der Waals surface area contributed by atoms with Crippen LogP contribution in [0.4, 0.5) is 0 Å². The summed E-state index contributed by atoms with van der Waals surface area (Å²) in [7, 11) is 0. The first-order valence-electron chi connectivity index (χ1n) is 2.92. The summed E-state index contributed by atoms with van der Waals surface area (Å²) in [6.45, 7) is 0.394. The Hall–Kier alpha value is -0.290. The average molecular weight is 249 g/mol. The summed E-state index contributed by atoms with van der Waals surface area (Å²) < 4.78 is 1.01. The van der Waals surface area contributed by atoms with Gasteiger partial charge in [-0.25, -0.2) is 0 Å². The van der Waals surface area contributed by atoms with E-state index in [9.17, 15) is 5.11 Å². The largest absolute Gasteiger partial charge is 0.508 e. The molecule has 0 atom stereocenters. The second kappa shape index (κ2) is 3.21. The number of hydrogen-bond acceptors (Lipinski definition) is 2. The molecule has 0 fully saturated rings. The Bertz CT molecular complexity index is 217. The molecule has 0 saturated heterocycles. The number of phenols is 1. The highest BCUT2D eigenvalue weighted by Gasteiger charge is 2.00. The van der Waals surface area contributed by atoms with Crippen molar-refractivity contribution < 1.29 is 5.11 Å². The van der Waals surface area contributed by atoms with E-state index in [1.807, 2.05) is 6.07 Å². The van der Waals surface area contributed by atoms with Gasteiger partial charge in [-0.1, -0.05) is 6.07 Å². The van der Waals surface area contributed by atoms with Crippen LogP contribution in [0.2, 0.25) is 0 Å². The molecule has 0 saturated carbocycles. The van der Waals surface area contributed by atoms with Gasteiger partial charge >= 0.3 is 0 Å². The predicted molar refractivity (Wildman–Crippen MR) is 48.7 cm³/mol. The first kappa shape index (κ1) is 7.81. The van der Waals surface area contributed by atoms with Crippen molar-refractivity contribution in [2.45, 2.75) is 6.54 Å². The summed E-state index contributed by atoms with van der Waals surface area (Å²) >= 11 is 2.15. The zero-order valence-corrected chi connectivity index (χ0v) is 7.50. The van der Waals surface area contributed by atoms with Crippen molar-refractivity contribution in [1.82, 2.24) is 0 Å². The lowest BCUT2D eigenvalue weighted by Crippen LogP contribution is -1.98. The van der Waals surface area contributed by atoms with Crippen molar-refractivity contribution in [3.63, 3.8) is 0 Å². The molecule has 0 aliphatic rings. The molecular formula is C7H8INO. The second-order valence-corrected chi connectivity index (χ2v) is 3.10. The number of nitrogens with two attached hydrogens (primary N) is 1. The van der Waals surface area contributed by atoms with E-state index in [-0.39, 0.29) is 5.75 Å². The molecule has 0 unspecified atom stereocenters. The van der Waals surface area contributed by atoms with Gasteiger partial charge in [-0.2, -0.15) is 0 Å². The molecule has 1 rings (SSSR count). The van der Waals surface area contributed by atoms with Gasteiger partial charge < -0.3 is 10.8 Å². The van der Waals surface area contributed by atoms with Crippen molar-refractivity contribution in [2.75, 3.05) is 0 Å². The zero-order chi connectivity index (χ0) is 7.56. The minimum absolute atomic E-state index is 0.286. The maximum Gasteiger partial charge on any atom is 0.121 e. The first-order valence-corrected chi connectivity index (χ1v) is 4.00. The highest BCUT2D eigenvalue weighted by Crippen LogP contribution is 2.21. The normalized spacial score (nSPS) is 9.80. The number of benzene rings is 1. The summed E-state index contributed by atoms with van der Waals surface area (Å²) in [5, 5.41) is 9.21. The van der Waals surface area contributed by atoms with Crippen LogP contribution < -0.4 is 5.73 Å². The van der Waals surface area contributed by atoms with E-state index in [2.05, 4.69) is 22.6 Å². The predicted octanol–water partition coefficient (Wildman–Crippen LogP) is 1.46. The van der Waals surface area contributed by atoms with Crippen molar-refractivity contribution in [1.29, 1.82) is 0 Å². The van der Waals surface area contributed by atoms with E-state index in [1.165, 1.54) is 0 Å². The lowest BCUT2D eigenvalue weighted by molar-refractivity contribution is 0.468. The molecular weight excluding hydrogens is 241 g/mol.